The number of aliphatic hydroxyl groups is 1. The highest BCUT2D eigenvalue weighted by molar-refractivity contribution is 5.80. The normalized spacial score (nSPS) is 21.0. The molecule has 164 valence electrons. The van der Waals surface area contributed by atoms with E-state index in [1.165, 1.54) is 12.1 Å². The first-order valence-corrected chi connectivity index (χ1v) is 10.7. The van der Waals surface area contributed by atoms with Gasteiger partial charge in [-0.2, -0.15) is 0 Å². The van der Waals surface area contributed by atoms with Crippen molar-refractivity contribution in [2.45, 2.75) is 37.2 Å². The Labute approximate surface area is 184 Å². The minimum Gasteiger partial charge on any atom is -0.388 e. The van der Waals surface area contributed by atoms with Crippen LogP contribution in [0.4, 0.5) is 10.1 Å². The second-order valence-electron chi connectivity index (χ2n) is 8.43. The number of hydrogen-bond acceptors (Lipinski definition) is 6. The number of benzene rings is 2. The molecule has 5 rings (SSSR count). The molecule has 0 atom stereocenters. The predicted molar refractivity (Wildman–Crippen MR) is 119 cm³/mol. The van der Waals surface area contributed by atoms with Crippen LogP contribution in [0.25, 0.3) is 22.4 Å². The fourth-order valence-corrected chi connectivity index (χ4v) is 4.42. The number of nitrogens with zero attached hydrogens (tertiary/aromatic N) is 4. The molecule has 0 aliphatic heterocycles. The Hall–Kier alpha value is -3.36. The van der Waals surface area contributed by atoms with E-state index < -0.39 is 11.4 Å². The standard InChI is InChI=1S/C24H24FN5O2/c25-18-4-1-2-5-21(18)30(32)15-24(31)10-8-16(9-11-24)23-28-19-7-6-17(14-20(19)29-23)22-26-12-3-13-27-22/h1-7,12-14,16,31-32H,8-11,15H2,(H,28,29). The number of aromatic nitrogens is 4. The average Bonchev–Trinajstić information content (AvgIpc) is 3.23. The van der Waals surface area contributed by atoms with Crippen molar-refractivity contribution in [1.29, 1.82) is 0 Å². The van der Waals surface area contributed by atoms with Crippen LogP contribution in [0.15, 0.2) is 60.9 Å². The first-order valence-electron chi connectivity index (χ1n) is 10.7. The highest BCUT2D eigenvalue weighted by Gasteiger charge is 2.36. The van der Waals surface area contributed by atoms with E-state index in [1.54, 1.807) is 30.6 Å². The molecule has 3 N–H and O–H groups in total. The van der Waals surface area contributed by atoms with Gasteiger partial charge in [-0.3, -0.25) is 10.3 Å². The maximum absolute atomic E-state index is 13.9. The van der Waals surface area contributed by atoms with Crippen molar-refractivity contribution in [3.8, 4) is 11.4 Å². The molecule has 2 aromatic carbocycles. The van der Waals surface area contributed by atoms with Crippen LogP contribution < -0.4 is 5.06 Å². The molecule has 2 heterocycles. The largest absolute Gasteiger partial charge is 0.388 e. The second-order valence-corrected chi connectivity index (χ2v) is 8.43. The fraction of sp³-hybridized carbons (Fsp3) is 0.292. The number of H-pyrrole nitrogens is 1. The number of rotatable bonds is 5. The maximum Gasteiger partial charge on any atom is 0.159 e. The molecule has 0 amide bonds. The molecule has 4 aromatic rings. The monoisotopic (exact) mass is 433 g/mol. The molecule has 32 heavy (non-hydrogen) atoms. The van der Waals surface area contributed by atoms with Gasteiger partial charge in [0, 0.05) is 23.9 Å². The van der Waals surface area contributed by atoms with E-state index in [2.05, 4.69) is 15.0 Å². The number of nitrogens with one attached hydrogen (secondary N) is 1. The molecule has 1 fully saturated rings. The SMILES string of the molecule is ON(CC1(O)CCC(c2nc3ccc(-c4ncccn4)cc3[nH]2)CC1)c1ccccc1F. The molecule has 1 aliphatic carbocycles. The lowest BCUT2D eigenvalue weighted by Gasteiger charge is -2.37. The third kappa shape index (κ3) is 4.06. The topological polar surface area (TPSA) is 98.2 Å². The van der Waals surface area contributed by atoms with E-state index in [-0.39, 0.29) is 18.2 Å². The van der Waals surface area contributed by atoms with Crippen LogP contribution in [-0.4, -0.2) is 42.4 Å². The van der Waals surface area contributed by atoms with Crippen LogP contribution in [-0.2, 0) is 0 Å². The van der Waals surface area contributed by atoms with Gasteiger partial charge in [-0.1, -0.05) is 12.1 Å². The van der Waals surface area contributed by atoms with E-state index >= 15 is 0 Å². The van der Waals surface area contributed by atoms with Crippen LogP contribution in [0.2, 0.25) is 0 Å². The number of para-hydroxylation sites is 1. The van der Waals surface area contributed by atoms with Gasteiger partial charge in [0.05, 0.1) is 28.9 Å². The van der Waals surface area contributed by atoms with Crippen molar-refractivity contribution >= 4 is 16.7 Å². The number of fused-ring (bicyclic) bond motifs is 1. The summed E-state index contributed by atoms with van der Waals surface area (Å²) in [7, 11) is 0. The number of imidazole rings is 1. The average molecular weight is 433 g/mol. The van der Waals surface area contributed by atoms with Gasteiger partial charge in [-0.25, -0.2) is 19.3 Å². The molecule has 7 nitrogen and oxygen atoms in total. The molecule has 0 saturated heterocycles. The van der Waals surface area contributed by atoms with Crippen LogP contribution in [0.1, 0.15) is 37.4 Å². The van der Waals surface area contributed by atoms with E-state index in [4.69, 9.17) is 4.98 Å². The summed E-state index contributed by atoms with van der Waals surface area (Å²) in [4.78, 5) is 16.8. The van der Waals surface area contributed by atoms with E-state index in [1.807, 2.05) is 18.2 Å². The Morgan fingerprint density at radius 1 is 1.06 bits per heavy atom. The summed E-state index contributed by atoms with van der Waals surface area (Å²) in [5.41, 5.74) is 1.70. The van der Waals surface area contributed by atoms with Crippen LogP contribution >= 0.6 is 0 Å². The summed E-state index contributed by atoms with van der Waals surface area (Å²) in [6, 6.07) is 13.7. The van der Waals surface area contributed by atoms with E-state index in [0.717, 1.165) is 40.3 Å². The zero-order valence-corrected chi connectivity index (χ0v) is 17.4. The summed E-state index contributed by atoms with van der Waals surface area (Å²) >= 11 is 0. The third-order valence-electron chi connectivity index (χ3n) is 6.20. The Kier molecular flexibility index (Phi) is 5.32. The van der Waals surface area contributed by atoms with Crippen molar-refractivity contribution in [1.82, 2.24) is 19.9 Å². The number of hydroxylamine groups is 1. The van der Waals surface area contributed by atoms with Gasteiger partial charge in [-0.05, 0) is 62.1 Å². The summed E-state index contributed by atoms with van der Waals surface area (Å²) in [6.07, 6.45) is 5.85. The predicted octanol–water partition coefficient (Wildman–Crippen LogP) is 4.44. The molecular weight excluding hydrogens is 409 g/mol. The van der Waals surface area contributed by atoms with Crippen molar-refractivity contribution in [2.24, 2.45) is 0 Å². The lowest BCUT2D eigenvalue weighted by atomic mass is 9.78. The lowest BCUT2D eigenvalue weighted by Crippen LogP contribution is -2.44. The van der Waals surface area contributed by atoms with E-state index in [0.29, 0.717) is 18.7 Å². The molecule has 0 bridgehead atoms. The molecule has 0 radical (unpaired) electrons. The quantitative estimate of drug-likeness (QED) is 0.403. The number of aromatic amines is 1. The first kappa shape index (κ1) is 20.5. The van der Waals surface area contributed by atoms with Crippen LogP contribution in [0.5, 0.6) is 0 Å². The molecule has 0 spiro atoms. The minimum absolute atomic E-state index is 0.0405. The highest BCUT2D eigenvalue weighted by Crippen LogP contribution is 2.38. The van der Waals surface area contributed by atoms with Crippen molar-refractivity contribution in [3.05, 3.63) is 72.6 Å². The van der Waals surface area contributed by atoms with Crippen molar-refractivity contribution in [2.75, 3.05) is 11.6 Å². The zero-order valence-electron chi connectivity index (χ0n) is 17.4. The van der Waals surface area contributed by atoms with Gasteiger partial charge in [-0.15, -0.1) is 0 Å². The van der Waals surface area contributed by atoms with Crippen LogP contribution in [0, 0.1) is 5.82 Å². The van der Waals surface area contributed by atoms with Crippen LogP contribution in [0.3, 0.4) is 0 Å². The Morgan fingerprint density at radius 2 is 1.81 bits per heavy atom. The van der Waals surface area contributed by atoms with Crippen molar-refractivity contribution < 1.29 is 14.7 Å². The van der Waals surface area contributed by atoms with Gasteiger partial charge in [0.25, 0.3) is 0 Å². The van der Waals surface area contributed by atoms with Gasteiger partial charge in [0.15, 0.2) is 5.82 Å². The fourth-order valence-electron chi connectivity index (χ4n) is 4.42. The number of halogens is 1. The summed E-state index contributed by atoms with van der Waals surface area (Å²) in [6.45, 7) is -0.0405. The van der Waals surface area contributed by atoms with Gasteiger partial charge in [0.1, 0.15) is 11.6 Å². The van der Waals surface area contributed by atoms with Gasteiger partial charge >= 0.3 is 0 Å². The Balaban J connectivity index is 1.28. The molecule has 8 heteroatoms. The second kappa shape index (κ2) is 8.29. The van der Waals surface area contributed by atoms with Gasteiger partial charge in [0.2, 0.25) is 0 Å². The zero-order chi connectivity index (χ0) is 22.1. The Bertz CT molecular complexity index is 1220. The third-order valence-corrected chi connectivity index (χ3v) is 6.20. The molecule has 1 saturated carbocycles. The summed E-state index contributed by atoms with van der Waals surface area (Å²) in [5.74, 6) is 1.22. The summed E-state index contributed by atoms with van der Waals surface area (Å²) in [5, 5.41) is 22.1. The lowest BCUT2D eigenvalue weighted by molar-refractivity contribution is -0.0105. The first-order chi connectivity index (χ1) is 15.5. The smallest absolute Gasteiger partial charge is 0.159 e. The molecular formula is C24H24FN5O2. The minimum atomic E-state index is -1.09. The highest BCUT2D eigenvalue weighted by atomic mass is 19.1. The van der Waals surface area contributed by atoms with Crippen molar-refractivity contribution in [3.63, 3.8) is 0 Å². The molecule has 2 aromatic heterocycles. The molecule has 1 aliphatic rings. The van der Waals surface area contributed by atoms with E-state index in [9.17, 15) is 14.7 Å². The number of anilines is 1. The Morgan fingerprint density at radius 3 is 2.56 bits per heavy atom. The van der Waals surface area contributed by atoms with Gasteiger partial charge < -0.3 is 10.1 Å². The molecule has 0 unspecified atom stereocenters. The summed E-state index contributed by atoms with van der Waals surface area (Å²) < 4.78 is 13.9. The maximum atomic E-state index is 13.9. The number of hydrogen-bond donors (Lipinski definition) is 3.